The van der Waals surface area contributed by atoms with Gasteiger partial charge in [-0.15, -0.1) is 0 Å². The van der Waals surface area contributed by atoms with Crippen LogP contribution in [0.2, 0.25) is 0 Å². The van der Waals surface area contributed by atoms with E-state index < -0.39 is 11.8 Å². The monoisotopic (exact) mass is 466 g/mol. The summed E-state index contributed by atoms with van der Waals surface area (Å²) >= 11 is 3.44. The Morgan fingerprint density at radius 2 is 1.57 bits per heavy atom. The highest BCUT2D eigenvalue weighted by molar-refractivity contribution is 9.10. The van der Waals surface area contributed by atoms with Gasteiger partial charge < -0.3 is 10.1 Å². The molecule has 0 bridgehead atoms. The Morgan fingerprint density at radius 3 is 2.23 bits per heavy atom. The molecule has 0 radical (unpaired) electrons. The lowest BCUT2D eigenvalue weighted by Crippen LogP contribution is -2.34. The predicted molar refractivity (Wildman–Crippen MR) is 118 cm³/mol. The van der Waals surface area contributed by atoms with Crippen molar-refractivity contribution >= 4 is 33.8 Å². The Morgan fingerprint density at radius 1 is 0.900 bits per heavy atom. The highest BCUT2D eigenvalue weighted by Crippen LogP contribution is 2.29. The van der Waals surface area contributed by atoms with Gasteiger partial charge in [0.1, 0.15) is 17.2 Å². The molecule has 7 heteroatoms. The van der Waals surface area contributed by atoms with Crippen LogP contribution in [-0.2, 0) is 9.63 Å². The number of halogens is 1. The van der Waals surface area contributed by atoms with Crippen molar-refractivity contribution in [2.45, 2.75) is 0 Å². The van der Waals surface area contributed by atoms with Crippen LogP contribution in [0.3, 0.4) is 0 Å². The summed E-state index contributed by atoms with van der Waals surface area (Å²) in [4.78, 5) is 29.4. The van der Waals surface area contributed by atoms with Gasteiger partial charge in [-0.1, -0.05) is 42.5 Å². The Balaban J connectivity index is 1.79. The van der Waals surface area contributed by atoms with Crippen molar-refractivity contribution in [3.8, 4) is 11.5 Å². The summed E-state index contributed by atoms with van der Waals surface area (Å²) in [5, 5.41) is 2.62. The van der Waals surface area contributed by atoms with Crippen molar-refractivity contribution in [1.29, 1.82) is 0 Å². The van der Waals surface area contributed by atoms with E-state index in [2.05, 4.69) is 26.7 Å². The van der Waals surface area contributed by atoms with Gasteiger partial charge in [-0.2, -0.15) is 0 Å². The average molecular weight is 467 g/mol. The first-order valence-corrected chi connectivity index (χ1v) is 9.80. The van der Waals surface area contributed by atoms with Crippen LogP contribution in [0.4, 0.5) is 0 Å². The van der Waals surface area contributed by atoms with Gasteiger partial charge in [0.05, 0.1) is 11.6 Å². The van der Waals surface area contributed by atoms with E-state index in [1.54, 1.807) is 54.6 Å². The molecule has 3 rings (SSSR count). The number of carbonyl (C=O) groups excluding carboxylic acids is 2. The molecule has 0 saturated carbocycles. The predicted octanol–water partition coefficient (Wildman–Crippen LogP) is 4.69. The quantitative estimate of drug-likeness (QED) is 0.391. The molecule has 0 saturated heterocycles. The normalized spacial score (nSPS) is 10.9. The van der Waals surface area contributed by atoms with Crippen molar-refractivity contribution in [2.24, 2.45) is 0 Å². The second kappa shape index (κ2) is 10.4. The molecule has 0 aliphatic rings. The zero-order valence-corrected chi connectivity index (χ0v) is 17.7. The van der Waals surface area contributed by atoms with E-state index in [1.165, 1.54) is 7.11 Å². The molecule has 0 heterocycles. The Kier molecular flexibility index (Phi) is 7.37. The molecular weight excluding hydrogens is 448 g/mol. The topological polar surface area (TPSA) is 76.7 Å². The summed E-state index contributed by atoms with van der Waals surface area (Å²) in [7, 11) is 1.32. The second-order valence-electron chi connectivity index (χ2n) is 6.11. The number of hydrogen-bond donors (Lipinski definition) is 2. The molecule has 2 amide bonds. The van der Waals surface area contributed by atoms with Gasteiger partial charge in [0.2, 0.25) is 0 Å². The highest BCUT2D eigenvalue weighted by Gasteiger charge is 2.14. The van der Waals surface area contributed by atoms with Gasteiger partial charge in [-0.3, -0.25) is 14.4 Å². The van der Waals surface area contributed by atoms with Gasteiger partial charge in [0.15, 0.2) is 0 Å². The largest absolute Gasteiger partial charge is 0.456 e. The molecule has 2 N–H and O–H groups in total. The fraction of sp³-hybridized carbons (Fsp3) is 0.0435. The number of hydroxylamine groups is 1. The van der Waals surface area contributed by atoms with Crippen LogP contribution < -0.4 is 15.5 Å². The number of nitrogens with one attached hydrogen (secondary N) is 2. The number of hydrogen-bond acceptors (Lipinski definition) is 4. The molecule has 0 atom stereocenters. The summed E-state index contributed by atoms with van der Waals surface area (Å²) < 4.78 is 6.68. The first-order valence-electron chi connectivity index (χ1n) is 9.00. The summed E-state index contributed by atoms with van der Waals surface area (Å²) in [5.74, 6) is 0.351. The van der Waals surface area contributed by atoms with Crippen LogP contribution in [0.15, 0.2) is 89.0 Å². The van der Waals surface area contributed by atoms with E-state index >= 15 is 0 Å². The average Bonchev–Trinajstić information content (AvgIpc) is 2.77. The smallest absolute Gasteiger partial charge is 0.291 e. The maximum Gasteiger partial charge on any atom is 0.291 e. The standard InChI is InChI=1S/C23H19BrN2O4/c1-29-26-23(28)20(25-22(27)17-7-3-2-4-8-17)15-16-11-13-18(14-12-16)30-21-10-6-5-9-19(21)24/h2-15H,1H3,(H,25,27)(H,26,28)/b20-15-. The molecule has 0 spiro atoms. The molecule has 6 nitrogen and oxygen atoms in total. The van der Waals surface area contributed by atoms with Crippen LogP contribution >= 0.6 is 15.9 Å². The van der Waals surface area contributed by atoms with Crippen LogP contribution in [0, 0.1) is 0 Å². The van der Waals surface area contributed by atoms with Crippen LogP contribution in [0.25, 0.3) is 6.08 Å². The molecule has 0 aliphatic carbocycles. The fourth-order valence-electron chi connectivity index (χ4n) is 2.54. The van der Waals surface area contributed by atoms with E-state index in [0.717, 1.165) is 4.47 Å². The van der Waals surface area contributed by atoms with Crippen molar-refractivity contribution in [3.63, 3.8) is 0 Å². The molecule has 0 fully saturated rings. The van der Waals surface area contributed by atoms with Gasteiger partial charge in [-0.05, 0) is 64.0 Å². The number of amides is 2. The third-order valence-electron chi connectivity index (χ3n) is 3.98. The van der Waals surface area contributed by atoms with Crippen LogP contribution in [0.1, 0.15) is 15.9 Å². The molecule has 152 valence electrons. The first-order chi connectivity index (χ1) is 14.6. The zero-order chi connectivity index (χ0) is 21.3. The van der Waals surface area contributed by atoms with Gasteiger partial charge in [0.25, 0.3) is 11.8 Å². The number of para-hydroxylation sites is 1. The molecule has 0 unspecified atom stereocenters. The molecule has 30 heavy (non-hydrogen) atoms. The molecule has 3 aromatic carbocycles. The SMILES string of the molecule is CONC(=O)/C(=C/c1ccc(Oc2ccccc2Br)cc1)NC(=O)c1ccccc1. The zero-order valence-electron chi connectivity index (χ0n) is 16.1. The number of benzene rings is 3. The lowest BCUT2D eigenvalue weighted by molar-refractivity contribution is -0.127. The molecule has 3 aromatic rings. The van der Waals surface area contributed by atoms with Gasteiger partial charge in [0, 0.05) is 5.56 Å². The van der Waals surface area contributed by atoms with E-state index in [0.29, 0.717) is 22.6 Å². The lowest BCUT2D eigenvalue weighted by atomic mass is 10.1. The summed E-state index contributed by atoms with van der Waals surface area (Å²) in [6.45, 7) is 0. The molecular formula is C23H19BrN2O4. The van der Waals surface area contributed by atoms with Crippen molar-refractivity contribution in [3.05, 3.63) is 100 Å². The number of ether oxygens (including phenoxy) is 1. The van der Waals surface area contributed by atoms with Gasteiger partial charge >= 0.3 is 0 Å². The Bertz CT molecular complexity index is 1050. The Labute approximate surface area is 182 Å². The van der Waals surface area contributed by atoms with Gasteiger partial charge in [-0.25, -0.2) is 5.48 Å². The second-order valence-corrected chi connectivity index (χ2v) is 6.97. The maximum absolute atomic E-state index is 12.4. The summed E-state index contributed by atoms with van der Waals surface area (Å²) in [6.07, 6.45) is 1.55. The highest BCUT2D eigenvalue weighted by atomic mass is 79.9. The fourth-order valence-corrected chi connectivity index (χ4v) is 2.91. The lowest BCUT2D eigenvalue weighted by Gasteiger charge is -2.10. The van der Waals surface area contributed by atoms with E-state index in [9.17, 15) is 9.59 Å². The Hall–Kier alpha value is -3.42. The van der Waals surface area contributed by atoms with Crippen molar-refractivity contribution < 1.29 is 19.2 Å². The van der Waals surface area contributed by atoms with Crippen LogP contribution in [-0.4, -0.2) is 18.9 Å². The van der Waals surface area contributed by atoms with Crippen LogP contribution in [0.5, 0.6) is 11.5 Å². The first kappa shape index (κ1) is 21.3. The third kappa shape index (κ3) is 5.79. The minimum Gasteiger partial charge on any atom is -0.456 e. The molecule has 0 aliphatic heterocycles. The summed E-state index contributed by atoms with van der Waals surface area (Å²) in [5.41, 5.74) is 3.40. The summed E-state index contributed by atoms with van der Waals surface area (Å²) in [6, 6.07) is 23.3. The maximum atomic E-state index is 12.4. The number of carbonyl (C=O) groups is 2. The minimum atomic E-state index is -0.574. The third-order valence-corrected chi connectivity index (χ3v) is 4.63. The van der Waals surface area contributed by atoms with E-state index in [1.807, 2.05) is 30.3 Å². The van der Waals surface area contributed by atoms with Crippen molar-refractivity contribution in [2.75, 3.05) is 7.11 Å². The van der Waals surface area contributed by atoms with E-state index in [-0.39, 0.29) is 5.70 Å². The van der Waals surface area contributed by atoms with Crippen molar-refractivity contribution in [1.82, 2.24) is 10.8 Å². The van der Waals surface area contributed by atoms with E-state index in [4.69, 9.17) is 9.57 Å². The minimum absolute atomic E-state index is 0.0465. The molecule has 0 aromatic heterocycles. The number of rotatable bonds is 7.